The molecule has 1 unspecified atom stereocenters. The van der Waals surface area contributed by atoms with Crippen LogP contribution >= 0.6 is 0 Å². The van der Waals surface area contributed by atoms with E-state index in [-0.39, 0.29) is 6.79 Å². The number of benzene rings is 1. The Morgan fingerprint density at radius 1 is 1.35 bits per heavy atom. The third-order valence-corrected chi connectivity index (χ3v) is 3.10. The van der Waals surface area contributed by atoms with Crippen molar-refractivity contribution >= 4 is 0 Å². The van der Waals surface area contributed by atoms with Crippen LogP contribution in [0.25, 0.3) is 0 Å². The van der Waals surface area contributed by atoms with E-state index in [0.717, 1.165) is 18.1 Å². The van der Waals surface area contributed by atoms with Gasteiger partial charge in [-0.3, -0.25) is 0 Å². The van der Waals surface area contributed by atoms with Crippen LogP contribution in [0.3, 0.4) is 0 Å². The first-order valence-electron chi connectivity index (χ1n) is 5.98. The zero-order chi connectivity index (χ0) is 11.7. The Morgan fingerprint density at radius 2 is 2.24 bits per heavy atom. The highest BCUT2D eigenvalue weighted by Gasteiger charge is 2.22. The monoisotopic (exact) mass is 236 g/mol. The van der Waals surface area contributed by atoms with Crippen molar-refractivity contribution in [3.05, 3.63) is 23.8 Å². The molecule has 1 saturated carbocycles. The molecule has 4 nitrogen and oxygen atoms in total. The molecule has 1 heterocycles. The summed E-state index contributed by atoms with van der Waals surface area (Å²) in [6.45, 7) is 1.40. The predicted molar refractivity (Wildman–Crippen MR) is 61.1 cm³/mol. The molecule has 0 saturated heterocycles. The highest BCUT2D eigenvalue weighted by atomic mass is 16.7. The van der Waals surface area contributed by atoms with Crippen LogP contribution in [-0.4, -0.2) is 25.1 Å². The van der Waals surface area contributed by atoms with Crippen LogP contribution in [0.4, 0.5) is 0 Å². The van der Waals surface area contributed by atoms with Gasteiger partial charge in [-0.1, -0.05) is 0 Å². The molecule has 1 fully saturated rings. The molecule has 1 aliphatic heterocycles. The van der Waals surface area contributed by atoms with Crippen molar-refractivity contribution in [1.82, 2.24) is 0 Å². The van der Waals surface area contributed by atoms with E-state index in [0.29, 0.717) is 18.1 Å². The first-order chi connectivity index (χ1) is 8.33. The first kappa shape index (κ1) is 10.9. The molecule has 0 spiro atoms. The topological polar surface area (TPSA) is 47.9 Å². The third-order valence-electron chi connectivity index (χ3n) is 3.10. The maximum atomic E-state index is 9.56. The maximum Gasteiger partial charge on any atom is 0.189 e. The van der Waals surface area contributed by atoms with Gasteiger partial charge in [0, 0.05) is 11.6 Å². The Bertz CT molecular complexity index is 400. The average molecular weight is 236 g/mol. The van der Waals surface area contributed by atoms with Gasteiger partial charge in [-0.15, -0.1) is 0 Å². The average Bonchev–Trinajstić information content (AvgIpc) is 3.10. The quantitative estimate of drug-likeness (QED) is 0.626. The Morgan fingerprint density at radius 3 is 3.06 bits per heavy atom. The standard InChI is InChI=1S/C13H16O4/c14-12-7-16-13-5-10(3-4-11(12)13)17-8-15-6-9-1-2-9/h3-5,9,12,14H,1-2,6-8H2. The van der Waals surface area contributed by atoms with Gasteiger partial charge in [0.1, 0.15) is 24.2 Å². The summed E-state index contributed by atoms with van der Waals surface area (Å²) in [5.41, 5.74) is 0.830. The van der Waals surface area contributed by atoms with Crippen LogP contribution in [-0.2, 0) is 4.74 Å². The van der Waals surface area contributed by atoms with Gasteiger partial charge in [-0.2, -0.15) is 0 Å². The summed E-state index contributed by atoms with van der Waals surface area (Å²) in [5.74, 6) is 2.17. The minimum absolute atomic E-state index is 0.276. The SMILES string of the molecule is OC1COc2cc(OCOCC3CC3)ccc21. The molecule has 17 heavy (non-hydrogen) atoms. The number of aliphatic hydroxyl groups is 1. The second-order valence-corrected chi connectivity index (χ2v) is 4.60. The van der Waals surface area contributed by atoms with Crippen LogP contribution in [0.15, 0.2) is 18.2 Å². The molecule has 1 aromatic rings. The molecular weight excluding hydrogens is 220 g/mol. The lowest BCUT2D eigenvalue weighted by Gasteiger charge is -2.08. The normalized spacial score (nSPS) is 22.1. The lowest BCUT2D eigenvalue weighted by molar-refractivity contribution is 0.00989. The van der Waals surface area contributed by atoms with Crippen molar-refractivity contribution in [2.24, 2.45) is 5.92 Å². The van der Waals surface area contributed by atoms with E-state index in [1.54, 1.807) is 6.07 Å². The van der Waals surface area contributed by atoms with Crippen molar-refractivity contribution in [1.29, 1.82) is 0 Å². The lowest BCUT2D eigenvalue weighted by atomic mass is 10.1. The summed E-state index contributed by atoms with van der Waals surface area (Å²) in [6, 6.07) is 5.46. The van der Waals surface area contributed by atoms with Crippen molar-refractivity contribution in [3.63, 3.8) is 0 Å². The molecule has 4 heteroatoms. The summed E-state index contributed by atoms with van der Waals surface area (Å²) in [7, 11) is 0. The van der Waals surface area contributed by atoms with Crippen LogP contribution in [0, 0.1) is 5.92 Å². The smallest absolute Gasteiger partial charge is 0.189 e. The van der Waals surface area contributed by atoms with Gasteiger partial charge in [0.05, 0.1) is 6.61 Å². The highest BCUT2D eigenvalue weighted by Crippen LogP contribution is 2.35. The second kappa shape index (κ2) is 4.55. The molecular formula is C13H16O4. The summed E-state index contributed by atoms with van der Waals surface area (Å²) in [5, 5.41) is 9.56. The Hall–Kier alpha value is -1.26. The summed E-state index contributed by atoms with van der Waals surface area (Å²) in [6.07, 6.45) is 2.06. The van der Waals surface area contributed by atoms with Crippen LogP contribution in [0.5, 0.6) is 11.5 Å². The van der Waals surface area contributed by atoms with E-state index in [2.05, 4.69) is 0 Å². The van der Waals surface area contributed by atoms with Gasteiger partial charge in [0.15, 0.2) is 6.79 Å². The molecule has 1 aliphatic carbocycles. The Balaban J connectivity index is 1.52. The molecule has 1 aromatic carbocycles. The van der Waals surface area contributed by atoms with Crippen molar-refractivity contribution in [2.75, 3.05) is 20.0 Å². The van der Waals surface area contributed by atoms with E-state index in [1.165, 1.54) is 12.8 Å². The van der Waals surface area contributed by atoms with E-state index in [9.17, 15) is 5.11 Å². The number of ether oxygens (including phenoxy) is 3. The number of rotatable bonds is 5. The van der Waals surface area contributed by atoms with Crippen molar-refractivity contribution in [2.45, 2.75) is 18.9 Å². The fourth-order valence-corrected chi connectivity index (χ4v) is 1.87. The Kier molecular flexibility index (Phi) is 2.91. The fourth-order valence-electron chi connectivity index (χ4n) is 1.87. The highest BCUT2D eigenvalue weighted by molar-refractivity contribution is 5.44. The van der Waals surface area contributed by atoms with E-state index >= 15 is 0 Å². The van der Waals surface area contributed by atoms with Gasteiger partial charge in [0.25, 0.3) is 0 Å². The molecule has 1 atom stereocenters. The second-order valence-electron chi connectivity index (χ2n) is 4.60. The van der Waals surface area contributed by atoms with Crippen LogP contribution < -0.4 is 9.47 Å². The van der Waals surface area contributed by atoms with E-state index < -0.39 is 6.10 Å². The van der Waals surface area contributed by atoms with Crippen LogP contribution in [0.2, 0.25) is 0 Å². The summed E-state index contributed by atoms with van der Waals surface area (Å²) >= 11 is 0. The van der Waals surface area contributed by atoms with Gasteiger partial charge in [-0.25, -0.2) is 0 Å². The largest absolute Gasteiger partial charge is 0.490 e. The van der Waals surface area contributed by atoms with Crippen molar-refractivity contribution < 1.29 is 19.3 Å². The molecule has 0 aromatic heterocycles. The fraction of sp³-hybridized carbons (Fsp3) is 0.538. The Labute approximate surface area is 100 Å². The van der Waals surface area contributed by atoms with Crippen LogP contribution in [0.1, 0.15) is 24.5 Å². The molecule has 3 rings (SSSR count). The zero-order valence-corrected chi connectivity index (χ0v) is 9.59. The van der Waals surface area contributed by atoms with Crippen molar-refractivity contribution in [3.8, 4) is 11.5 Å². The zero-order valence-electron chi connectivity index (χ0n) is 9.59. The molecule has 2 aliphatic rings. The van der Waals surface area contributed by atoms with Gasteiger partial charge >= 0.3 is 0 Å². The number of hydrogen-bond donors (Lipinski definition) is 1. The molecule has 0 radical (unpaired) electrons. The van der Waals surface area contributed by atoms with Gasteiger partial charge < -0.3 is 19.3 Å². The van der Waals surface area contributed by atoms with E-state index in [4.69, 9.17) is 14.2 Å². The number of fused-ring (bicyclic) bond motifs is 1. The van der Waals surface area contributed by atoms with E-state index in [1.807, 2.05) is 12.1 Å². The van der Waals surface area contributed by atoms with Gasteiger partial charge in [0.2, 0.25) is 0 Å². The lowest BCUT2D eigenvalue weighted by Crippen LogP contribution is -2.05. The maximum absolute atomic E-state index is 9.56. The minimum Gasteiger partial charge on any atom is -0.490 e. The molecule has 0 bridgehead atoms. The van der Waals surface area contributed by atoms with Gasteiger partial charge in [-0.05, 0) is 30.9 Å². The molecule has 0 amide bonds. The molecule has 1 N–H and O–H groups in total. The number of aliphatic hydroxyl groups excluding tert-OH is 1. The first-order valence-corrected chi connectivity index (χ1v) is 5.98. The molecule has 92 valence electrons. The minimum atomic E-state index is -0.509. The third kappa shape index (κ3) is 2.53. The predicted octanol–water partition coefficient (Wildman–Crippen LogP) is 1.88. The summed E-state index contributed by atoms with van der Waals surface area (Å²) in [4.78, 5) is 0. The summed E-state index contributed by atoms with van der Waals surface area (Å²) < 4.78 is 16.2. The number of hydrogen-bond acceptors (Lipinski definition) is 4.